The van der Waals surface area contributed by atoms with Crippen molar-refractivity contribution in [1.82, 2.24) is 14.9 Å². The van der Waals surface area contributed by atoms with Gasteiger partial charge in [-0.3, -0.25) is 0 Å². The van der Waals surface area contributed by atoms with Crippen molar-refractivity contribution in [3.8, 4) is 0 Å². The molecule has 0 saturated carbocycles. The van der Waals surface area contributed by atoms with Crippen LogP contribution in [0, 0.1) is 0 Å². The van der Waals surface area contributed by atoms with Gasteiger partial charge in [-0.2, -0.15) is 0 Å². The quantitative estimate of drug-likeness (QED) is 0.891. The average Bonchev–Trinajstić information content (AvgIpc) is 2.82. The summed E-state index contributed by atoms with van der Waals surface area (Å²) in [5, 5.41) is 3.50. The SMILES string of the molecule is CCNC(c1ccc(C(C)C)cc1)c1cn(C)cn1. The summed E-state index contributed by atoms with van der Waals surface area (Å²) in [7, 11) is 2.00. The Balaban J connectivity index is 2.28. The summed E-state index contributed by atoms with van der Waals surface area (Å²) in [6.45, 7) is 7.48. The fourth-order valence-electron chi connectivity index (χ4n) is 2.25. The Bertz CT molecular complexity index is 511. The van der Waals surface area contributed by atoms with Crippen molar-refractivity contribution in [3.05, 3.63) is 53.6 Å². The van der Waals surface area contributed by atoms with Gasteiger partial charge in [-0.25, -0.2) is 4.98 Å². The minimum absolute atomic E-state index is 0.174. The molecule has 0 aliphatic rings. The molecule has 0 radical (unpaired) electrons. The molecule has 0 saturated heterocycles. The third-order valence-electron chi connectivity index (χ3n) is 3.37. The number of imidazole rings is 1. The highest BCUT2D eigenvalue weighted by atomic mass is 15.0. The topological polar surface area (TPSA) is 29.9 Å². The van der Waals surface area contributed by atoms with Crippen molar-refractivity contribution >= 4 is 0 Å². The summed E-state index contributed by atoms with van der Waals surface area (Å²) in [5.41, 5.74) is 3.71. The lowest BCUT2D eigenvalue weighted by atomic mass is 9.98. The van der Waals surface area contributed by atoms with Crippen molar-refractivity contribution < 1.29 is 0 Å². The summed E-state index contributed by atoms with van der Waals surface area (Å²) in [6, 6.07) is 9.02. The highest BCUT2D eigenvalue weighted by Crippen LogP contribution is 2.23. The molecular weight excluding hydrogens is 234 g/mol. The molecule has 1 aromatic heterocycles. The second-order valence-electron chi connectivity index (χ2n) is 5.28. The minimum Gasteiger partial charge on any atom is -0.340 e. The van der Waals surface area contributed by atoms with E-state index in [0.29, 0.717) is 5.92 Å². The van der Waals surface area contributed by atoms with Gasteiger partial charge in [0.1, 0.15) is 0 Å². The van der Waals surface area contributed by atoms with E-state index in [1.54, 1.807) is 0 Å². The number of nitrogens with zero attached hydrogens (tertiary/aromatic N) is 2. The molecule has 0 spiro atoms. The smallest absolute Gasteiger partial charge is 0.0947 e. The van der Waals surface area contributed by atoms with Crippen LogP contribution in [0.15, 0.2) is 36.8 Å². The van der Waals surface area contributed by atoms with E-state index >= 15 is 0 Å². The van der Waals surface area contributed by atoms with Crippen LogP contribution in [-0.2, 0) is 7.05 Å². The molecule has 0 bridgehead atoms. The first-order valence-corrected chi connectivity index (χ1v) is 6.93. The van der Waals surface area contributed by atoms with Gasteiger partial charge in [0.25, 0.3) is 0 Å². The molecule has 0 amide bonds. The highest BCUT2D eigenvalue weighted by Gasteiger charge is 2.15. The van der Waals surface area contributed by atoms with Crippen molar-refractivity contribution in [2.45, 2.75) is 32.7 Å². The minimum atomic E-state index is 0.174. The molecule has 102 valence electrons. The van der Waals surface area contributed by atoms with Gasteiger partial charge in [0, 0.05) is 13.2 Å². The molecule has 3 heteroatoms. The third kappa shape index (κ3) is 3.24. The lowest BCUT2D eigenvalue weighted by Crippen LogP contribution is -2.22. The fraction of sp³-hybridized carbons (Fsp3) is 0.438. The molecular formula is C16H23N3. The van der Waals surface area contributed by atoms with Crippen LogP contribution in [0.5, 0.6) is 0 Å². The van der Waals surface area contributed by atoms with Crippen molar-refractivity contribution in [3.63, 3.8) is 0 Å². The Labute approximate surface area is 115 Å². The Morgan fingerprint density at radius 3 is 2.26 bits per heavy atom. The van der Waals surface area contributed by atoms with E-state index in [9.17, 15) is 0 Å². The molecule has 1 atom stereocenters. The molecule has 1 heterocycles. The van der Waals surface area contributed by atoms with Gasteiger partial charge in [-0.05, 0) is 23.6 Å². The van der Waals surface area contributed by atoms with Gasteiger partial charge in [0.2, 0.25) is 0 Å². The van der Waals surface area contributed by atoms with Gasteiger partial charge < -0.3 is 9.88 Å². The number of benzene rings is 1. The number of rotatable bonds is 5. The molecule has 1 aromatic carbocycles. The van der Waals surface area contributed by atoms with E-state index in [2.05, 4.69) is 61.5 Å². The van der Waals surface area contributed by atoms with Gasteiger partial charge in [-0.15, -0.1) is 0 Å². The second-order valence-corrected chi connectivity index (χ2v) is 5.28. The standard InChI is InChI=1S/C16H23N3/c1-5-17-16(15-10-19(4)11-18-15)14-8-6-13(7-9-14)12(2)3/h6-12,16-17H,5H2,1-4H3. The van der Waals surface area contributed by atoms with Crippen LogP contribution < -0.4 is 5.32 Å². The lowest BCUT2D eigenvalue weighted by molar-refractivity contribution is 0.617. The summed E-state index contributed by atoms with van der Waals surface area (Å²) in [6.07, 6.45) is 3.92. The zero-order chi connectivity index (χ0) is 13.8. The maximum atomic E-state index is 4.47. The number of nitrogens with one attached hydrogen (secondary N) is 1. The average molecular weight is 257 g/mol. The number of hydrogen-bond acceptors (Lipinski definition) is 2. The summed E-state index contributed by atoms with van der Waals surface area (Å²) < 4.78 is 1.99. The zero-order valence-corrected chi connectivity index (χ0v) is 12.2. The second kappa shape index (κ2) is 6.02. The Morgan fingerprint density at radius 1 is 1.16 bits per heavy atom. The largest absolute Gasteiger partial charge is 0.340 e. The molecule has 3 nitrogen and oxygen atoms in total. The zero-order valence-electron chi connectivity index (χ0n) is 12.2. The molecule has 0 aliphatic heterocycles. The van der Waals surface area contributed by atoms with Gasteiger partial charge in [0.05, 0.1) is 18.1 Å². The van der Waals surface area contributed by atoms with Crippen molar-refractivity contribution in [1.29, 1.82) is 0 Å². The fourth-order valence-corrected chi connectivity index (χ4v) is 2.25. The summed E-state index contributed by atoms with van der Waals surface area (Å²) >= 11 is 0. The molecule has 0 aliphatic carbocycles. The van der Waals surface area contributed by atoms with E-state index in [1.165, 1.54) is 11.1 Å². The molecule has 1 N–H and O–H groups in total. The Morgan fingerprint density at radius 2 is 1.79 bits per heavy atom. The van der Waals surface area contributed by atoms with E-state index in [1.807, 2.05) is 17.9 Å². The maximum absolute atomic E-state index is 4.47. The monoisotopic (exact) mass is 257 g/mol. The van der Waals surface area contributed by atoms with Crippen molar-refractivity contribution in [2.75, 3.05) is 6.54 Å². The van der Waals surface area contributed by atoms with E-state index in [-0.39, 0.29) is 6.04 Å². The lowest BCUT2D eigenvalue weighted by Gasteiger charge is -2.17. The van der Waals surface area contributed by atoms with Crippen LogP contribution >= 0.6 is 0 Å². The van der Waals surface area contributed by atoms with Gasteiger partial charge >= 0.3 is 0 Å². The van der Waals surface area contributed by atoms with Gasteiger partial charge in [0.15, 0.2) is 0 Å². The first kappa shape index (κ1) is 13.8. The Kier molecular flexibility index (Phi) is 4.38. The predicted molar refractivity (Wildman–Crippen MR) is 79.3 cm³/mol. The third-order valence-corrected chi connectivity index (χ3v) is 3.37. The summed E-state index contributed by atoms with van der Waals surface area (Å²) in [4.78, 5) is 4.47. The van der Waals surface area contributed by atoms with E-state index in [4.69, 9.17) is 0 Å². The first-order chi connectivity index (χ1) is 9.11. The number of hydrogen-bond donors (Lipinski definition) is 1. The molecule has 19 heavy (non-hydrogen) atoms. The molecule has 0 fully saturated rings. The molecule has 1 unspecified atom stereocenters. The van der Waals surface area contributed by atoms with Crippen LogP contribution in [0.25, 0.3) is 0 Å². The normalized spacial score (nSPS) is 12.9. The Hall–Kier alpha value is -1.61. The van der Waals surface area contributed by atoms with Crippen molar-refractivity contribution in [2.24, 2.45) is 7.05 Å². The van der Waals surface area contributed by atoms with Gasteiger partial charge in [-0.1, -0.05) is 45.0 Å². The van der Waals surface area contributed by atoms with E-state index in [0.717, 1.165) is 12.2 Å². The van der Waals surface area contributed by atoms with Crippen LogP contribution in [-0.4, -0.2) is 16.1 Å². The number of aromatic nitrogens is 2. The maximum Gasteiger partial charge on any atom is 0.0947 e. The van der Waals surface area contributed by atoms with Crippen LogP contribution in [0.3, 0.4) is 0 Å². The van der Waals surface area contributed by atoms with Crippen LogP contribution in [0.1, 0.15) is 49.6 Å². The molecule has 2 rings (SSSR count). The van der Waals surface area contributed by atoms with Crippen LogP contribution in [0.2, 0.25) is 0 Å². The number of aryl methyl sites for hydroxylation is 1. The van der Waals surface area contributed by atoms with E-state index < -0.39 is 0 Å². The highest BCUT2D eigenvalue weighted by molar-refractivity contribution is 5.31. The molecule has 2 aromatic rings. The first-order valence-electron chi connectivity index (χ1n) is 6.93. The predicted octanol–water partition coefficient (Wildman–Crippen LogP) is 3.24. The summed E-state index contributed by atoms with van der Waals surface area (Å²) in [5.74, 6) is 0.571. The van der Waals surface area contributed by atoms with Crippen LogP contribution in [0.4, 0.5) is 0 Å².